The van der Waals surface area contributed by atoms with Crippen molar-refractivity contribution < 1.29 is 9.90 Å². The smallest absolute Gasteiger partial charge is 0.227 e. The van der Waals surface area contributed by atoms with Crippen molar-refractivity contribution in [2.75, 3.05) is 13.6 Å². The molecule has 3 aromatic rings. The molecule has 4 nitrogen and oxygen atoms in total. The van der Waals surface area contributed by atoms with E-state index >= 15 is 0 Å². The minimum absolute atomic E-state index is 0.0697. The molecule has 1 N–H and O–H groups in total. The first-order chi connectivity index (χ1) is 15.5. The monoisotopic (exact) mass is 426 g/mol. The Morgan fingerprint density at radius 3 is 2.81 bits per heavy atom. The van der Waals surface area contributed by atoms with Crippen LogP contribution in [0.2, 0.25) is 0 Å². The molecule has 0 aliphatic carbocycles. The third-order valence-corrected chi connectivity index (χ3v) is 7.25. The number of carbonyl (C=O) groups excluding carboxylic acids is 1. The third-order valence-electron chi connectivity index (χ3n) is 7.25. The summed E-state index contributed by atoms with van der Waals surface area (Å²) in [6, 6.07) is 20.3. The lowest BCUT2D eigenvalue weighted by Gasteiger charge is -2.45. The number of fused-ring (bicyclic) bond motifs is 4. The Morgan fingerprint density at radius 2 is 1.94 bits per heavy atom. The van der Waals surface area contributed by atoms with E-state index in [-0.39, 0.29) is 18.0 Å². The number of likely N-dealkylation sites (N-methyl/N-ethyl adjacent to an activating group) is 1. The van der Waals surface area contributed by atoms with Crippen LogP contribution in [0.25, 0.3) is 10.8 Å². The average molecular weight is 427 g/mol. The molecule has 0 spiro atoms. The van der Waals surface area contributed by atoms with Crippen LogP contribution in [0.5, 0.6) is 5.75 Å². The molecule has 2 aliphatic rings. The normalized spacial score (nSPS) is 20.4. The molecule has 0 saturated carbocycles. The van der Waals surface area contributed by atoms with Gasteiger partial charge in [0.2, 0.25) is 5.91 Å². The molecule has 0 radical (unpaired) electrons. The van der Waals surface area contributed by atoms with Gasteiger partial charge in [-0.05, 0) is 65.3 Å². The zero-order chi connectivity index (χ0) is 22.2. The molecule has 1 fully saturated rings. The number of hydrogen-bond acceptors (Lipinski definition) is 3. The second-order valence-corrected chi connectivity index (χ2v) is 9.12. The van der Waals surface area contributed by atoms with Crippen LogP contribution >= 0.6 is 0 Å². The van der Waals surface area contributed by atoms with Crippen molar-refractivity contribution in [3.63, 3.8) is 0 Å². The van der Waals surface area contributed by atoms with E-state index < -0.39 is 0 Å². The van der Waals surface area contributed by atoms with Gasteiger partial charge in [0.05, 0.1) is 18.5 Å². The lowest BCUT2D eigenvalue weighted by atomic mass is 9.86. The maximum absolute atomic E-state index is 13.5. The lowest BCUT2D eigenvalue weighted by Crippen LogP contribution is -2.48. The zero-order valence-electron chi connectivity index (χ0n) is 18.6. The fourth-order valence-electron chi connectivity index (χ4n) is 5.56. The van der Waals surface area contributed by atoms with Gasteiger partial charge in [-0.15, -0.1) is 0 Å². The highest BCUT2D eigenvalue weighted by Crippen LogP contribution is 2.42. The largest absolute Gasteiger partial charge is 0.508 e. The second-order valence-electron chi connectivity index (χ2n) is 9.12. The van der Waals surface area contributed by atoms with E-state index in [2.05, 4.69) is 35.7 Å². The molecular weight excluding hydrogens is 396 g/mol. The van der Waals surface area contributed by atoms with Crippen molar-refractivity contribution in [2.45, 2.75) is 44.2 Å². The van der Waals surface area contributed by atoms with Crippen molar-refractivity contribution in [1.82, 2.24) is 9.80 Å². The van der Waals surface area contributed by atoms with Gasteiger partial charge in [0.15, 0.2) is 0 Å². The highest BCUT2D eigenvalue weighted by Gasteiger charge is 2.39. The molecule has 2 aliphatic heterocycles. The van der Waals surface area contributed by atoms with Crippen molar-refractivity contribution >= 4 is 16.7 Å². The van der Waals surface area contributed by atoms with Crippen LogP contribution in [0.15, 0.2) is 72.9 Å². The molecule has 5 rings (SSSR count). The van der Waals surface area contributed by atoms with Gasteiger partial charge in [-0.2, -0.15) is 0 Å². The Bertz CT molecular complexity index is 1180. The summed E-state index contributed by atoms with van der Waals surface area (Å²) in [5.74, 6) is 0.450. The Balaban J connectivity index is 1.47. The van der Waals surface area contributed by atoms with Crippen LogP contribution in [0.1, 0.15) is 42.0 Å². The lowest BCUT2D eigenvalue weighted by molar-refractivity contribution is -0.132. The molecule has 0 bridgehead atoms. The Labute approximate surface area is 189 Å². The van der Waals surface area contributed by atoms with Crippen molar-refractivity contribution in [3.8, 4) is 5.75 Å². The van der Waals surface area contributed by atoms with Gasteiger partial charge in [0, 0.05) is 19.3 Å². The van der Waals surface area contributed by atoms with Crippen molar-refractivity contribution in [3.05, 3.63) is 89.6 Å². The van der Waals surface area contributed by atoms with Gasteiger partial charge in [-0.3, -0.25) is 4.79 Å². The van der Waals surface area contributed by atoms with Gasteiger partial charge in [-0.1, -0.05) is 55.1 Å². The highest BCUT2D eigenvalue weighted by atomic mass is 16.3. The molecule has 1 amide bonds. The van der Waals surface area contributed by atoms with Crippen LogP contribution in [0.3, 0.4) is 0 Å². The maximum Gasteiger partial charge on any atom is 0.227 e. The quantitative estimate of drug-likeness (QED) is 0.625. The van der Waals surface area contributed by atoms with Gasteiger partial charge >= 0.3 is 0 Å². The molecule has 3 aromatic carbocycles. The van der Waals surface area contributed by atoms with E-state index in [1.54, 1.807) is 6.07 Å². The van der Waals surface area contributed by atoms with E-state index in [0.29, 0.717) is 12.2 Å². The predicted octanol–water partition coefficient (Wildman–Crippen LogP) is 5.21. The number of hydrogen-bond donors (Lipinski definition) is 1. The van der Waals surface area contributed by atoms with E-state index in [1.165, 1.54) is 16.5 Å². The number of amides is 1. The molecule has 164 valence electrons. The number of rotatable bonds is 3. The van der Waals surface area contributed by atoms with Gasteiger partial charge in [0.25, 0.3) is 0 Å². The molecule has 2 unspecified atom stereocenters. The predicted molar refractivity (Wildman–Crippen MR) is 128 cm³/mol. The molecule has 2 atom stereocenters. The number of benzene rings is 3. The minimum atomic E-state index is 0.0697. The number of aromatic hydroxyl groups is 1. The van der Waals surface area contributed by atoms with Crippen LogP contribution in [-0.4, -0.2) is 40.4 Å². The number of nitrogens with zero attached hydrogens (tertiary/aromatic N) is 2. The van der Waals surface area contributed by atoms with Crippen molar-refractivity contribution in [1.29, 1.82) is 0 Å². The van der Waals surface area contributed by atoms with Crippen LogP contribution < -0.4 is 0 Å². The van der Waals surface area contributed by atoms with E-state index in [4.69, 9.17) is 0 Å². The average Bonchev–Trinajstić information content (AvgIpc) is 2.97. The molecule has 4 heteroatoms. The molecule has 0 aromatic heterocycles. The minimum Gasteiger partial charge on any atom is -0.508 e. The first kappa shape index (κ1) is 20.6. The highest BCUT2D eigenvalue weighted by molar-refractivity contribution is 5.90. The molecular formula is C28H30N2O2. The molecule has 1 saturated heterocycles. The summed E-state index contributed by atoms with van der Waals surface area (Å²) in [6.07, 6.45) is 4.21. The first-order valence-electron chi connectivity index (χ1n) is 11.5. The topological polar surface area (TPSA) is 43.8 Å². The third kappa shape index (κ3) is 3.64. The summed E-state index contributed by atoms with van der Waals surface area (Å²) in [5, 5.41) is 12.3. The molecule has 32 heavy (non-hydrogen) atoms. The van der Waals surface area contributed by atoms with Crippen LogP contribution in [0.4, 0.5) is 0 Å². The SMILES string of the molecule is C=C1CCCC(N(C)C(=O)Cc2cccc3ccccc23)C2c3ccc(O)cc3CCN12. The standard InChI is InChI=1S/C28H30N2O2/c1-19-7-5-12-26(28-25-14-13-23(31)17-22(25)15-16-30(19)28)29(2)27(32)18-21-10-6-9-20-8-3-4-11-24(20)21/h3-4,6,8-11,13-14,17,26,28,31H,1,5,7,12,15-16,18H2,2H3. The summed E-state index contributed by atoms with van der Waals surface area (Å²) in [5.41, 5.74) is 4.63. The summed E-state index contributed by atoms with van der Waals surface area (Å²) >= 11 is 0. The number of carbonyl (C=O) groups is 1. The van der Waals surface area contributed by atoms with E-state index in [1.807, 2.05) is 42.3 Å². The van der Waals surface area contributed by atoms with Crippen LogP contribution in [-0.2, 0) is 17.6 Å². The summed E-state index contributed by atoms with van der Waals surface area (Å²) in [7, 11) is 1.96. The fraction of sp³-hybridized carbons (Fsp3) is 0.321. The van der Waals surface area contributed by atoms with E-state index in [0.717, 1.165) is 48.9 Å². The molecule has 2 heterocycles. The first-order valence-corrected chi connectivity index (χ1v) is 11.5. The second kappa shape index (κ2) is 8.34. The fourth-order valence-corrected chi connectivity index (χ4v) is 5.56. The number of phenolic OH excluding ortho intramolecular Hbond substituents is 1. The number of phenols is 1. The van der Waals surface area contributed by atoms with E-state index in [9.17, 15) is 9.90 Å². The van der Waals surface area contributed by atoms with Crippen LogP contribution in [0, 0.1) is 0 Å². The Kier molecular flexibility index (Phi) is 5.38. The number of allylic oxidation sites excluding steroid dienone is 1. The Hall–Kier alpha value is -3.27. The summed E-state index contributed by atoms with van der Waals surface area (Å²) in [4.78, 5) is 17.9. The Morgan fingerprint density at radius 1 is 1.12 bits per heavy atom. The van der Waals surface area contributed by atoms with Gasteiger partial charge < -0.3 is 14.9 Å². The van der Waals surface area contributed by atoms with Gasteiger partial charge in [-0.25, -0.2) is 0 Å². The summed E-state index contributed by atoms with van der Waals surface area (Å²) < 4.78 is 0. The van der Waals surface area contributed by atoms with Gasteiger partial charge in [0.1, 0.15) is 5.75 Å². The zero-order valence-corrected chi connectivity index (χ0v) is 18.6. The van der Waals surface area contributed by atoms with Crippen molar-refractivity contribution in [2.24, 2.45) is 0 Å². The maximum atomic E-state index is 13.5. The summed E-state index contributed by atoms with van der Waals surface area (Å²) in [6.45, 7) is 5.24.